The fourth-order valence-electron chi connectivity index (χ4n) is 4.05. The lowest BCUT2D eigenvalue weighted by atomic mass is 9.98. The van der Waals surface area contributed by atoms with Crippen LogP contribution in [0.15, 0.2) is 23.1 Å². The molecule has 0 saturated carbocycles. The van der Waals surface area contributed by atoms with Crippen molar-refractivity contribution in [1.29, 1.82) is 0 Å². The van der Waals surface area contributed by atoms with Crippen LogP contribution in [0.5, 0.6) is 0 Å². The Labute approximate surface area is 201 Å². The molecule has 0 fully saturated rings. The van der Waals surface area contributed by atoms with Gasteiger partial charge in [-0.05, 0) is 62.1 Å². The molecule has 1 N–H and O–H groups in total. The third kappa shape index (κ3) is 13.3. The predicted octanol–water partition coefficient (Wildman–Crippen LogP) is 8.65. The summed E-state index contributed by atoms with van der Waals surface area (Å²) in [5.41, 5.74) is 1.86. The third-order valence-corrected chi connectivity index (χ3v) is 11.4. The molecular formula is C27H52O3PS+. The molecule has 3 nitrogen and oxygen atoms in total. The zero-order valence-electron chi connectivity index (χ0n) is 22.0. The molecule has 0 aromatic heterocycles. The summed E-state index contributed by atoms with van der Waals surface area (Å²) < 4.78 is 32.1. The number of hydrogen-bond acceptors (Lipinski definition) is 2. The van der Waals surface area contributed by atoms with Crippen LogP contribution in [0.4, 0.5) is 0 Å². The lowest BCUT2D eigenvalue weighted by Crippen LogP contribution is -2.07. The summed E-state index contributed by atoms with van der Waals surface area (Å²) in [6, 6.07) is 5.18. The lowest BCUT2D eigenvalue weighted by molar-refractivity contribution is 0.481. The molecule has 32 heavy (non-hydrogen) atoms. The van der Waals surface area contributed by atoms with Crippen molar-refractivity contribution in [3.8, 4) is 0 Å². The molecule has 0 aliphatic carbocycles. The first kappa shape index (κ1) is 31.6. The Hall–Kier alpha value is -0.440. The van der Waals surface area contributed by atoms with Gasteiger partial charge in [0.1, 0.15) is 0 Å². The molecule has 1 aromatic carbocycles. The highest BCUT2D eigenvalue weighted by molar-refractivity contribution is 7.85. The van der Waals surface area contributed by atoms with Gasteiger partial charge in [0.15, 0.2) is 0 Å². The molecular weight excluding hydrogens is 435 g/mol. The molecule has 188 valence electrons. The molecule has 0 heterocycles. The van der Waals surface area contributed by atoms with Crippen molar-refractivity contribution in [2.75, 3.05) is 25.2 Å². The number of unbranched alkanes of at least 4 members (excludes halogenated alkanes) is 5. The normalized spacial score (nSPS) is 11.8. The van der Waals surface area contributed by atoms with Crippen LogP contribution < -0.4 is 0 Å². The van der Waals surface area contributed by atoms with Gasteiger partial charge in [0.2, 0.25) is 0 Å². The van der Waals surface area contributed by atoms with Gasteiger partial charge in [-0.2, -0.15) is 8.42 Å². The molecule has 5 heteroatoms. The highest BCUT2D eigenvalue weighted by Gasteiger charge is 2.28. The van der Waals surface area contributed by atoms with Crippen LogP contribution in [0.3, 0.4) is 0 Å². The van der Waals surface area contributed by atoms with E-state index in [-0.39, 0.29) is 4.90 Å². The molecule has 1 rings (SSSR count). The van der Waals surface area contributed by atoms with Crippen molar-refractivity contribution in [1.82, 2.24) is 0 Å². The van der Waals surface area contributed by atoms with Gasteiger partial charge in [-0.15, -0.1) is 0 Å². The van der Waals surface area contributed by atoms with E-state index in [9.17, 15) is 13.0 Å². The quantitative estimate of drug-likeness (QED) is 0.187. The van der Waals surface area contributed by atoms with Crippen LogP contribution in [-0.2, 0) is 23.0 Å². The average Bonchev–Trinajstić information content (AvgIpc) is 2.77. The molecule has 0 aliphatic heterocycles. The van der Waals surface area contributed by atoms with Gasteiger partial charge in [0.25, 0.3) is 10.1 Å². The lowest BCUT2D eigenvalue weighted by Gasteiger charge is -2.22. The second-order valence-corrected chi connectivity index (χ2v) is 15.4. The van der Waals surface area contributed by atoms with E-state index in [1.165, 1.54) is 44.6 Å². The summed E-state index contributed by atoms with van der Waals surface area (Å²) in [6.07, 6.45) is 18.9. The monoisotopic (exact) mass is 487 g/mol. The number of benzene rings is 1. The second kappa shape index (κ2) is 18.0. The van der Waals surface area contributed by atoms with Gasteiger partial charge < -0.3 is 0 Å². The molecule has 0 bridgehead atoms. The maximum atomic E-state index is 11.4. The van der Waals surface area contributed by atoms with Gasteiger partial charge in [-0.25, -0.2) is 0 Å². The Morgan fingerprint density at radius 2 is 1.16 bits per heavy atom. The number of hydrogen-bond donors (Lipinski definition) is 1. The average molecular weight is 488 g/mol. The molecule has 0 spiro atoms. The zero-order valence-corrected chi connectivity index (χ0v) is 23.7. The Morgan fingerprint density at radius 3 is 1.56 bits per heavy atom. The summed E-state index contributed by atoms with van der Waals surface area (Å²) >= 11 is 0. The van der Waals surface area contributed by atoms with E-state index in [0.717, 1.165) is 43.2 Å². The van der Waals surface area contributed by atoms with Crippen LogP contribution in [0.2, 0.25) is 0 Å². The van der Waals surface area contributed by atoms with Crippen LogP contribution in [-0.4, -0.2) is 38.1 Å². The van der Waals surface area contributed by atoms with Crippen LogP contribution in [0.1, 0.15) is 110 Å². The van der Waals surface area contributed by atoms with Gasteiger partial charge in [-0.3, -0.25) is 4.55 Å². The highest BCUT2D eigenvalue weighted by atomic mass is 32.2. The fourth-order valence-corrected chi connectivity index (χ4v) is 8.75. The summed E-state index contributed by atoms with van der Waals surface area (Å²) in [5.74, 6) is 0. The van der Waals surface area contributed by atoms with Crippen LogP contribution in [0.25, 0.3) is 0 Å². The van der Waals surface area contributed by atoms with Gasteiger partial charge in [-0.1, -0.05) is 78.9 Å². The fraction of sp³-hybridized carbons (Fsp3) is 0.778. The van der Waals surface area contributed by atoms with Gasteiger partial charge in [0.05, 0.1) is 23.4 Å². The Bertz CT molecular complexity index is 679. The topological polar surface area (TPSA) is 54.4 Å². The highest BCUT2D eigenvalue weighted by Crippen LogP contribution is 2.57. The van der Waals surface area contributed by atoms with Crippen molar-refractivity contribution in [3.05, 3.63) is 29.3 Å². The standard InChI is InChI=1S/C14H22O3S.C13H30P/c1-3-5-8-12-9-7-11-14(18(15,16)17)13(12)10-6-4-2;1-5-8-11-14(4,12-9-6-2)13-10-7-3/h7,9,11H,3-6,8,10H2,1-2H3,(H,15,16,17);5-13H2,1-4H3/q;+1. The Balaban J connectivity index is 0.000000622. The zero-order chi connectivity index (χ0) is 24.5. The van der Waals surface area contributed by atoms with Crippen molar-refractivity contribution >= 4 is 17.4 Å². The second-order valence-electron chi connectivity index (χ2n) is 9.43. The maximum absolute atomic E-state index is 11.4. The molecule has 0 saturated heterocycles. The van der Waals surface area contributed by atoms with Crippen molar-refractivity contribution < 1.29 is 13.0 Å². The van der Waals surface area contributed by atoms with E-state index in [1.54, 1.807) is 24.6 Å². The first-order valence-corrected chi connectivity index (χ1v) is 17.3. The Kier molecular flexibility index (Phi) is 17.7. The number of aryl methyl sites for hydroxylation is 1. The minimum atomic E-state index is -4.11. The molecule has 0 amide bonds. The predicted molar refractivity (Wildman–Crippen MR) is 146 cm³/mol. The molecule has 0 unspecified atom stereocenters. The van der Waals surface area contributed by atoms with Gasteiger partial charge >= 0.3 is 0 Å². The van der Waals surface area contributed by atoms with E-state index in [1.807, 2.05) is 6.07 Å². The summed E-state index contributed by atoms with van der Waals surface area (Å²) in [7, 11) is -4.63. The van der Waals surface area contributed by atoms with E-state index in [0.29, 0.717) is 6.42 Å². The first-order valence-electron chi connectivity index (χ1n) is 13.1. The minimum Gasteiger partial charge on any atom is -0.282 e. The largest absolute Gasteiger partial charge is 0.294 e. The van der Waals surface area contributed by atoms with E-state index < -0.39 is 17.4 Å². The van der Waals surface area contributed by atoms with Crippen molar-refractivity contribution in [2.24, 2.45) is 0 Å². The van der Waals surface area contributed by atoms with Gasteiger partial charge in [0, 0.05) is 13.9 Å². The first-order chi connectivity index (χ1) is 15.2. The minimum absolute atomic E-state index is 0.0875. The van der Waals surface area contributed by atoms with Crippen LogP contribution >= 0.6 is 7.26 Å². The van der Waals surface area contributed by atoms with E-state index in [2.05, 4.69) is 41.3 Å². The smallest absolute Gasteiger partial charge is 0.282 e. The summed E-state index contributed by atoms with van der Waals surface area (Å²) in [6.45, 7) is 13.8. The molecule has 0 atom stereocenters. The van der Waals surface area contributed by atoms with E-state index in [4.69, 9.17) is 0 Å². The molecule has 0 aliphatic rings. The summed E-state index contributed by atoms with van der Waals surface area (Å²) in [5, 5.41) is 0. The van der Waals surface area contributed by atoms with Crippen molar-refractivity contribution in [3.63, 3.8) is 0 Å². The Morgan fingerprint density at radius 1 is 0.719 bits per heavy atom. The third-order valence-electron chi connectivity index (χ3n) is 6.24. The number of rotatable bonds is 16. The van der Waals surface area contributed by atoms with Crippen LogP contribution in [0, 0.1) is 0 Å². The molecule has 1 aromatic rings. The SMILES string of the molecule is CCCC[P+](C)(CCCC)CCCC.CCCCc1cccc(S(=O)(=O)O)c1CCCC. The molecule has 0 radical (unpaired) electrons. The van der Waals surface area contributed by atoms with E-state index >= 15 is 0 Å². The summed E-state index contributed by atoms with van der Waals surface area (Å²) in [4.78, 5) is 0.0875. The van der Waals surface area contributed by atoms with Crippen molar-refractivity contribution in [2.45, 2.75) is 117 Å². The maximum Gasteiger partial charge on any atom is 0.294 e.